The smallest absolute Gasteiger partial charge is 0.286 e. The summed E-state index contributed by atoms with van der Waals surface area (Å²) < 4.78 is 11.6. The van der Waals surface area contributed by atoms with Gasteiger partial charge in [0.15, 0.2) is 0 Å². The van der Waals surface area contributed by atoms with Crippen molar-refractivity contribution in [1.82, 2.24) is 0 Å². The van der Waals surface area contributed by atoms with E-state index in [0.29, 0.717) is 23.6 Å². The Labute approximate surface area is 174 Å². The van der Waals surface area contributed by atoms with Gasteiger partial charge in [-0.1, -0.05) is 36.4 Å². The number of hydrogen-bond acceptors (Lipinski definition) is 4. The lowest BCUT2D eigenvalue weighted by Crippen LogP contribution is -2.59. The van der Waals surface area contributed by atoms with Crippen LogP contribution in [0.3, 0.4) is 0 Å². The summed E-state index contributed by atoms with van der Waals surface area (Å²) in [4.78, 5) is 30.3. The first-order valence-electron chi connectivity index (χ1n) is 9.86. The van der Waals surface area contributed by atoms with E-state index in [-0.39, 0.29) is 18.4 Å². The standard InChI is InChI=1S/C24H20N2O4/c1-2-25-21-12-6-4-10-19(21)24(23(25)28)26(20-11-5-3-8-17(20)16-30-24)22(27)14-13-18-9-7-15-29-18/h3-15H,2,16H2,1H3/b14-13+/t24-/m0/s1. The van der Waals surface area contributed by atoms with Crippen molar-refractivity contribution in [3.05, 3.63) is 89.9 Å². The minimum Gasteiger partial charge on any atom is -0.465 e. The molecule has 5 rings (SSSR count). The van der Waals surface area contributed by atoms with Gasteiger partial charge in [0.2, 0.25) is 0 Å². The number of ether oxygens (including phenoxy) is 1. The summed E-state index contributed by atoms with van der Waals surface area (Å²) in [5.74, 6) is -0.0722. The Kier molecular flexibility index (Phi) is 4.29. The van der Waals surface area contributed by atoms with Crippen molar-refractivity contribution in [3.8, 4) is 0 Å². The Balaban J connectivity index is 1.69. The van der Waals surface area contributed by atoms with Crippen LogP contribution in [0, 0.1) is 0 Å². The average Bonchev–Trinajstić information content (AvgIpc) is 3.38. The molecular formula is C24H20N2O4. The number of hydrogen-bond donors (Lipinski definition) is 0. The van der Waals surface area contributed by atoms with Crippen molar-refractivity contribution in [2.24, 2.45) is 0 Å². The number of rotatable bonds is 3. The first-order valence-corrected chi connectivity index (χ1v) is 9.86. The Morgan fingerprint density at radius 1 is 1.07 bits per heavy atom. The molecule has 6 nitrogen and oxygen atoms in total. The Hall–Kier alpha value is -3.64. The quantitative estimate of drug-likeness (QED) is 0.622. The highest BCUT2D eigenvalue weighted by atomic mass is 16.5. The predicted octanol–water partition coefficient (Wildman–Crippen LogP) is 4.08. The average molecular weight is 400 g/mol. The molecular weight excluding hydrogens is 380 g/mol. The lowest BCUT2D eigenvalue weighted by Gasteiger charge is -2.43. The summed E-state index contributed by atoms with van der Waals surface area (Å²) in [6.45, 7) is 2.62. The maximum absolute atomic E-state index is 13.7. The Morgan fingerprint density at radius 2 is 1.83 bits per heavy atom. The first-order chi connectivity index (χ1) is 14.7. The summed E-state index contributed by atoms with van der Waals surface area (Å²) >= 11 is 0. The van der Waals surface area contributed by atoms with Gasteiger partial charge in [-0.3, -0.25) is 14.5 Å². The van der Waals surface area contributed by atoms with Crippen LogP contribution in [-0.4, -0.2) is 18.4 Å². The molecule has 0 aliphatic carbocycles. The minimum atomic E-state index is -1.54. The number of para-hydroxylation sites is 2. The number of nitrogens with zero attached hydrogens (tertiary/aromatic N) is 2. The molecule has 0 radical (unpaired) electrons. The summed E-state index contributed by atoms with van der Waals surface area (Å²) in [5, 5.41) is 0. The predicted molar refractivity (Wildman–Crippen MR) is 113 cm³/mol. The van der Waals surface area contributed by atoms with Crippen LogP contribution >= 0.6 is 0 Å². The summed E-state index contributed by atoms with van der Waals surface area (Å²) in [6, 6.07) is 18.5. The monoisotopic (exact) mass is 400 g/mol. The van der Waals surface area contributed by atoms with Crippen LogP contribution in [0.4, 0.5) is 11.4 Å². The number of fused-ring (bicyclic) bond motifs is 3. The van der Waals surface area contributed by atoms with Crippen LogP contribution < -0.4 is 9.80 Å². The van der Waals surface area contributed by atoms with E-state index in [0.717, 1.165) is 11.3 Å². The van der Waals surface area contributed by atoms with Crippen molar-refractivity contribution in [3.63, 3.8) is 0 Å². The van der Waals surface area contributed by atoms with Crippen molar-refractivity contribution < 1.29 is 18.7 Å². The van der Waals surface area contributed by atoms with E-state index in [1.54, 1.807) is 29.4 Å². The minimum absolute atomic E-state index is 0.236. The zero-order chi connectivity index (χ0) is 20.7. The Bertz CT molecular complexity index is 1150. The molecule has 0 N–H and O–H groups in total. The maximum atomic E-state index is 13.7. The number of amides is 2. The highest BCUT2D eigenvalue weighted by Crippen LogP contribution is 2.50. The molecule has 3 heterocycles. The molecule has 0 unspecified atom stereocenters. The molecule has 2 amide bonds. The lowest BCUT2D eigenvalue weighted by atomic mass is 9.97. The van der Waals surface area contributed by atoms with Gasteiger partial charge in [-0.15, -0.1) is 0 Å². The van der Waals surface area contributed by atoms with Crippen LogP contribution in [0.2, 0.25) is 0 Å². The van der Waals surface area contributed by atoms with Gasteiger partial charge in [0.05, 0.1) is 24.2 Å². The fourth-order valence-corrected chi connectivity index (χ4v) is 4.23. The van der Waals surface area contributed by atoms with E-state index in [2.05, 4.69) is 0 Å². The second kappa shape index (κ2) is 7.00. The molecule has 1 spiro atoms. The third-order valence-electron chi connectivity index (χ3n) is 5.55. The van der Waals surface area contributed by atoms with Gasteiger partial charge in [0, 0.05) is 23.7 Å². The Morgan fingerprint density at radius 3 is 2.60 bits per heavy atom. The molecule has 2 aliphatic rings. The molecule has 30 heavy (non-hydrogen) atoms. The van der Waals surface area contributed by atoms with E-state index in [9.17, 15) is 9.59 Å². The third kappa shape index (κ3) is 2.54. The molecule has 0 saturated heterocycles. The van der Waals surface area contributed by atoms with Crippen LogP contribution in [0.25, 0.3) is 6.08 Å². The van der Waals surface area contributed by atoms with Gasteiger partial charge >= 0.3 is 0 Å². The lowest BCUT2D eigenvalue weighted by molar-refractivity contribution is -0.151. The molecule has 0 fully saturated rings. The van der Waals surface area contributed by atoms with Gasteiger partial charge in [-0.2, -0.15) is 0 Å². The molecule has 150 valence electrons. The molecule has 6 heteroatoms. The molecule has 0 saturated carbocycles. The van der Waals surface area contributed by atoms with E-state index in [1.807, 2.05) is 55.5 Å². The van der Waals surface area contributed by atoms with Crippen LogP contribution in [0.5, 0.6) is 0 Å². The fraction of sp³-hybridized carbons (Fsp3) is 0.167. The largest absolute Gasteiger partial charge is 0.465 e. The maximum Gasteiger partial charge on any atom is 0.286 e. The SMILES string of the molecule is CCN1C(=O)[C@@]2(OCc3ccccc3N2C(=O)/C=C/c2ccco2)c2ccccc21. The fourth-order valence-electron chi connectivity index (χ4n) is 4.23. The van der Waals surface area contributed by atoms with Crippen molar-refractivity contribution in [2.75, 3.05) is 16.3 Å². The second-order valence-electron chi connectivity index (χ2n) is 7.15. The number of furan rings is 1. The molecule has 3 aromatic rings. The van der Waals surface area contributed by atoms with Crippen molar-refractivity contribution in [1.29, 1.82) is 0 Å². The molecule has 1 atom stereocenters. The van der Waals surface area contributed by atoms with E-state index in [1.165, 1.54) is 11.0 Å². The number of carbonyl (C=O) groups is 2. The van der Waals surface area contributed by atoms with Crippen LogP contribution in [0.1, 0.15) is 23.8 Å². The number of likely N-dealkylation sites (N-methyl/N-ethyl adjacent to an activating group) is 1. The third-order valence-corrected chi connectivity index (χ3v) is 5.55. The van der Waals surface area contributed by atoms with E-state index >= 15 is 0 Å². The van der Waals surface area contributed by atoms with Gasteiger partial charge in [0.25, 0.3) is 17.5 Å². The topological polar surface area (TPSA) is 63.0 Å². The van der Waals surface area contributed by atoms with Crippen LogP contribution in [-0.2, 0) is 26.7 Å². The number of anilines is 2. The van der Waals surface area contributed by atoms with Gasteiger partial charge in [-0.25, -0.2) is 0 Å². The van der Waals surface area contributed by atoms with E-state index in [4.69, 9.17) is 9.15 Å². The zero-order valence-corrected chi connectivity index (χ0v) is 16.4. The van der Waals surface area contributed by atoms with E-state index < -0.39 is 5.72 Å². The van der Waals surface area contributed by atoms with Gasteiger partial charge in [0.1, 0.15) is 5.76 Å². The zero-order valence-electron chi connectivity index (χ0n) is 16.4. The molecule has 1 aromatic heterocycles. The van der Waals surface area contributed by atoms with Gasteiger partial charge in [-0.05, 0) is 37.3 Å². The number of benzene rings is 2. The normalized spacial score (nSPS) is 20.1. The summed E-state index contributed by atoms with van der Waals surface area (Å²) in [7, 11) is 0. The van der Waals surface area contributed by atoms with Crippen molar-refractivity contribution >= 4 is 29.3 Å². The van der Waals surface area contributed by atoms with Crippen molar-refractivity contribution in [2.45, 2.75) is 19.3 Å². The highest BCUT2D eigenvalue weighted by molar-refractivity contribution is 6.16. The summed E-state index contributed by atoms with van der Waals surface area (Å²) in [5.41, 5.74) is 1.41. The summed E-state index contributed by atoms with van der Waals surface area (Å²) in [6.07, 6.45) is 4.55. The van der Waals surface area contributed by atoms with Crippen LogP contribution in [0.15, 0.2) is 77.4 Å². The van der Waals surface area contributed by atoms with Gasteiger partial charge < -0.3 is 14.1 Å². The highest BCUT2D eigenvalue weighted by Gasteiger charge is 2.59. The molecule has 0 bridgehead atoms. The molecule has 2 aliphatic heterocycles. The number of carbonyl (C=O) groups excluding carboxylic acids is 2. The first kappa shape index (κ1) is 18.4. The molecule has 2 aromatic carbocycles. The second-order valence-corrected chi connectivity index (χ2v) is 7.15.